The lowest BCUT2D eigenvalue weighted by Gasteiger charge is -2.21. The average Bonchev–Trinajstić information content (AvgIpc) is 2.46. The highest BCUT2D eigenvalue weighted by Gasteiger charge is 2.15. The highest BCUT2D eigenvalue weighted by atomic mass is 16.5. The van der Waals surface area contributed by atoms with Gasteiger partial charge in [-0.3, -0.25) is 0 Å². The summed E-state index contributed by atoms with van der Waals surface area (Å²) in [6, 6.07) is 9.50. The quantitative estimate of drug-likeness (QED) is 0.764. The number of amides is 1. The number of hydrogen-bond donors (Lipinski definition) is 2. The van der Waals surface area contributed by atoms with Crippen molar-refractivity contribution in [1.82, 2.24) is 5.32 Å². The van der Waals surface area contributed by atoms with Crippen LogP contribution >= 0.6 is 0 Å². The number of carbonyl (C=O) groups excluding carboxylic acids is 1. The van der Waals surface area contributed by atoms with Crippen molar-refractivity contribution in [3.8, 4) is 0 Å². The molecule has 0 fully saturated rings. The molecule has 2 N–H and O–H groups in total. The van der Waals surface area contributed by atoms with Crippen LogP contribution in [0.5, 0.6) is 0 Å². The molecule has 0 aliphatic heterocycles. The van der Waals surface area contributed by atoms with Crippen LogP contribution in [-0.2, 0) is 16.1 Å². The number of rotatable bonds is 8. The molecule has 0 bridgehead atoms. The Kier molecular flexibility index (Phi) is 7.69. The zero-order chi connectivity index (χ0) is 14.8. The Morgan fingerprint density at radius 3 is 2.60 bits per heavy atom. The molecule has 1 rings (SSSR count). The standard InChI is InChI=1S/C15H23NO4/c1-12(2)14(19-9-8-17)10-16-15(18)20-11-13-6-4-3-5-7-13/h3-7,12,14,17H,8-11H2,1-2H3,(H,16,18). The lowest BCUT2D eigenvalue weighted by Crippen LogP contribution is -2.37. The first kappa shape index (κ1) is 16.5. The third-order valence-corrected chi connectivity index (χ3v) is 2.83. The van der Waals surface area contributed by atoms with Gasteiger partial charge in [0.1, 0.15) is 6.61 Å². The van der Waals surface area contributed by atoms with Crippen molar-refractivity contribution in [2.75, 3.05) is 19.8 Å². The summed E-state index contributed by atoms with van der Waals surface area (Å²) in [4.78, 5) is 11.6. The van der Waals surface area contributed by atoms with Crippen molar-refractivity contribution in [3.05, 3.63) is 35.9 Å². The number of nitrogens with one attached hydrogen (secondary N) is 1. The van der Waals surface area contributed by atoms with Crippen LogP contribution < -0.4 is 5.32 Å². The molecule has 0 aliphatic carbocycles. The minimum absolute atomic E-state index is 0.0261. The van der Waals surface area contributed by atoms with Crippen molar-refractivity contribution in [2.45, 2.75) is 26.6 Å². The van der Waals surface area contributed by atoms with Gasteiger partial charge < -0.3 is 19.9 Å². The van der Waals surface area contributed by atoms with Crippen molar-refractivity contribution in [2.24, 2.45) is 5.92 Å². The first-order valence-corrected chi connectivity index (χ1v) is 6.80. The zero-order valence-corrected chi connectivity index (χ0v) is 12.0. The number of carbonyl (C=O) groups is 1. The molecule has 0 saturated heterocycles. The molecule has 5 heteroatoms. The molecule has 0 spiro atoms. The third-order valence-electron chi connectivity index (χ3n) is 2.83. The van der Waals surface area contributed by atoms with E-state index in [4.69, 9.17) is 14.6 Å². The average molecular weight is 281 g/mol. The predicted molar refractivity (Wildman–Crippen MR) is 76.3 cm³/mol. The van der Waals surface area contributed by atoms with Gasteiger partial charge in [-0.2, -0.15) is 0 Å². The van der Waals surface area contributed by atoms with Crippen LogP contribution in [0.25, 0.3) is 0 Å². The van der Waals surface area contributed by atoms with Crippen LogP contribution in [0.1, 0.15) is 19.4 Å². The maximum atomic E-state index is 11.6. The molecule has 0 heterocycles. The van der Waals surface area contributed by atoms with Gasteiger partial charge in [0.2, 0.25) is 0 Å². The van der Waals surface area contributed by atoms with Crippen LogP contribution in [0.3, 0.4) is 0 Å². The summed E-state index contributed by atoms with van der Waals surface area (Å²) in [5.41, 5.74) is 0.944. The van der Waals surface area contributed by atoms with E-state index in [0.29, 0.717) is 6.54 Å². The summed E-state index contributed by atoms with van der Waals surface area (Å²) >= 11 is 0. The number of aliphatic hydroxyl groups excluding tert-OH is 1. The van der Waals surface area contributed by atoms with Gasteiger partial charge >= 0.3 is 6.09 Å². The topological polar surface area (TPSA) is 67.8 Å². The second kappa shape index (κ2) is 9.34. The monoisotopic (exact) mass is 281 g/mol. The van der Waals surface area contributed by atoms with Gasteiger partial charge in [0.15, 0.2) is 0 Å². The van der Waals surface area contributed by atoms with Crippen LogP contribution in [0.2, 0.25) is 0 Å². The largest absolute Gasteiger partial charge is 0.445 e. The highest BCUT2D eigenvalue weighted by Crippen LogP contribution is 2.06. The summed E-state index contributed by atoms with van der Waals surface area (Å²) in [6.07, 6.45) is -0.599. The van der Waals surface area contributed by atoms with Gasteiger partial charge in [0, 0.05) is 6.54 Å². The van der Waals surface area contributed by atoms with E-state index in [2.05, 4.69) is 5.32 Å². The molecule has 0 aromatic heterocycles. The van der Waals surface area contributed by atoms with Gasteiger partial charge in [-0.25, -0.2) is 4.79 Å². The highest BCUT2D eigenvalue weighted by molar-refractivity contribution is 5.67. The van der Waals surface area contributed by atoms with E-state index >= 15 is 0 Å². The Labute approximate surface area is 119 Å². The van der Waals surface area contributed by atoms with E-state index in [9.17, 15) is 4.79 Å². The first-order valence-electron chi connectivity index (χ1n) is 6.80. The molecule has 0 aliphatic rings. The molecule has 0 radical (unpaired) electrons. The summed E-state index contributed by atoms with van der Waals surface area (Å²) in [5.74, 6) is 0.246. The first-order chi connectivity index (χ1) is 9.63. The minimum atomic E-state index is -0.466. The fourth-order valence-corrected chi connectivity index (χ4v) is 1.65. The Bertz CT molecular complexity index is 381. The van der Waals surface area contributed by atoms with Crippen LogP contribution in [-0.4, -0.2) is 37.1 Å². The molecule has 1 unspecified atom stereocenters. The van der Waals surface area contributed by atoms with Gasteiger partial charge in [0.05, 0.1) is 19.3 Å². The lowest BCUT2D eigenvalue weighted by atomic mass is 10.1. The fraction of sp³-hybridized carbons (Fsp3) is 0.533. The van der Waals surface area contributed by atoms with Crippen LogP contribution in [0.15, 0.2) is 30.3 Å². The normalized spacial score (nSPS) is 12.2. The predicted octanol–water partition coefficient (Wildman–Crippen LogP) is 1.95. The maximum absolute atomic E-state index is 11.6. The van der Waals surface area contributed by atoms with E-state index in [-0.39, 0.29) is 31.8 Å². The third kappa shape index (κ3) is 6.54. The second-order valence-corrected chi connectivity index (χ2v) is 4.82. The van der Waals surface area contributed by atoms with Crippen molar-refractivity contribution in [3.63, 3.8) is 0 Å². The molecule has 1 atom stereocenters. The van der Waals surface area contributed by atoms with E-state index < -0.39 is 6.09 Å². The number of hydrogen-bond acceptors (Lipinski definition) is 4. The van der Waals surface area contributed by atoms with E-state index in [1.807, 2.05) is 44.2 Å². The Morgan fingerprint density at radius 1 is 1.30 bits per heavy atom. The summed E-state index contributed by atoms with van der Waals surface area (Å²) in [6.45, 7) is 4.85. The molecule has 1 aromatic carbocycles. The van der Waals surface area contributed by atoms with E-state index in [1.54, 1.807) is 0 Å². The minimum Gasteiger partial charge on any atom is -0.445 e. The second-order valence-electron chi connectivity index (χ2n) is 4.82. The SMILES string of the molecule is CC(C)C(CNC(=O)OCc1ccccc1)OCCO. The molecular weight excluding hydrogens is 258 g/mol. The van der Waals surface area contributed by atoms with Gasteiger partial charge in [0.25, 0.3) is 0 Å². The molecule has 1 aromatic rings. The number of ether oxygens (including phenoxy) is 2. The number of alkyl carbamates (subject to hydrolysis) is 1. The Morgan fingerprint density at radius 2 is 2.00 bits per heavy atom. The maximum Gasteiger partial charge on any atom is 0.407 e. The van der Waals surface area contributed by atoms with Crippen molar-refractivity contribution in [1.29, 1.82) is 0 Å². The van der Waals surface area contributed by atoms with E-state index in [0.717, 1.165) is 5.56 Å². The molecule has 20 heavy (non-hydrogen) atoms. The molecule has 5 nitrogen and oxygen atoms in total. The van der Waals surface area contributed by atoms with Gasteiger partial charge in [-0.1, -0.05) is 44.2 Å². The zero-order valence-electron chi connectivity index (χ0n) is 12.0. The van der Waals surface area contributed by atoms with Gasteiger partial charge in [-0.05, 0) is 11.5 Å². The fourth-order valence-electron chi connectivity index (χ4n) is 1.65. The number of aliphatic hydroxyl groups is 1. The van der Waals surface area contributed by atoms with Gasteiger partial charge in [-0.15, -0.1) is 0 Å². The molecule has 112 valence electrons. The molecule has 0 saturated carbocycles. The lowest BCUT2D eigenvalue weighted by molar-refractivity contribution is 0.00361. The smallest absolute Gasteiger partial charge is 0.407 e. The van der Waals surface area contributed by atoms with Crippen molar-refractivity contribution >= 4 is 6.09 Å². The van der Waals surface area contributed by atoms with Crippen LogP contribution in [0.4, 0.5) is 4.79 Å². The van der Waals surface area contributed by atoms with Crippen LogP contribution in [0, 0.1) is 5.92 Å². The molecular formula is C15H23NO4. The summed E-state index contributed by atoms with van der Waals surface area (Å²) in [7, 11) is 0. The summed E-state index contributed by atoms with van der Waals surface area (Å²) < 4.78 is 10.6. The molecule has 1 amide bonds. The van der Waals surface area contributed by atoms with E-state index in [1.165, 1.54) is 0 Å². The Hall–Kier alpha value is -1.59. The van der Waals surface area contributed by atoms with Crippen molar-refractivity contribution < 1.29 is 19.4 Å². The Balaban J connectivity index is 2.27. The number of benzene rings is 1. The summed E-state index contributed by atoms with van der Waals surface area (Å²) in [5, 5.41) is 11.4.